The molecule has 13 heavy (non-hydrogen) atoms. The lowest BCUT2D eigenvalue weighted by Crippen LogP contribution is -2.58. The smallest absolute Gasteiger partial charge is 0.289 e. The van der Waals surface area contributed by atoms with Crippen LogP contribution >= 0.6 is 0 Å². The minimum Gasteiger partial charge on any atom is -0.459 e. The third-order valence-corrected chi connectivity index (χ3v) is 2.31. The maximum absolute atomic E-state index is 11.6. The molecule has 1 aromatic rings. The van der Waals surface area contributed by atoms with Crippen LogP contribution in [-0.2, 0) is 0 Å². The third-order valence-electron chi connectivity index (χ3n) is 2.31. The molecule has 1 saturated heterocycles. The van der Waals surface area contributed by atoms with E-state index in [1.165, 1.54) is 6.26 Å². The van der Waals surface area contributed by atoms with E-state index in [9.17, 15) is 4.79 Å². The Hall–Kier alpha value is -1.29. The number of nitrogens with one attached hydrogen (secondary N) is 1. The molecule has 2 rings (SSSR count). The van der Waals surface area contributed by atoms with Crippen LogP contribution in [-0.4, -0.2) is 37.0 Å². The first-order valence-corrected chi connectivity index (χ1v) is 4.31. The maximum Gasteiger partial charge on any atom is 0.289 e. The van der Waals surface area contributed by atoms with Gasteiger partial charge < -0.3 is 14.6 Å². The minimum absolute atomic E-state index is 0.0171. The molecule has 0 radical (unpaired) electrons. The lowest BCUT2D eigenvalue weighted by atomic mass is 10.1. The maximum atomic E-state index is 11.6. The summed E-state index contributed by atoms with van der Waals surface area (Å²) in [5.74, 6) is 0.408. The van der Waals surface area contributed by atoms with E-state index in [4.69, 9.17) is 4.42 Å². The van der Waals surface area contributed by atoms with Crippen molar-refractivity contribution in [1.82, 2.24) is 10.2 Å². The van der Waals surface area contributed by atoms with E-state index in [1.807, 2.05) is 7.05 Å². The fourth-order valence-corrected chi connectivity index (χ4v) is 1.38. The first-order chi connectivity index (χ1) is 6.31. The van der Waals surface area contributed by atoms with E-state index in [-0.39, 0.29) is 5.91 Å². The van der Waals surface area contributed by atoms with Crippen LogP contribution < -0.4 is 5.32 Å². The number of carbonyl (C=O) groups is 1. The second-order valence-corrected chi connectivity index (χ2v) is 3.17. The minimum atomic E-state index is -0.0171. The summed E-state index contributed by atoms with van der Waals surface area (Å²) < 4.78 is 5.01. The molecule has 0 bridgehead atoms. The molecule has 1 amide bonds. The average Bonchev–Trinajstić information content (AvgIpc) is 2.53. The number of nitrogens with zero attached hydrogens (tertiary/aromatic N) is 1. The zero-order chi connectivity index (χ0) is 9.26. The Morgan fingerprint density at radius 3 is 3.00 bits per heavy atom. The summed E-state index contributed by atoms with van der Waals surface area (Å²) in [5, 5.41) is 3.11. The highest BCUT2D eigenvalue weighted by atomic mass is 16.3. The van der Waals surface area contributed by atoms with Gasteiger partial charge in [-0.25, -0.2) is 0 Å². The van der Waals surface area contributed by atoms with Crippen LogP contribution in [0.5, 0.6) is 0 Å². The first-order valence-electron chi connectivity index (χ1n) is 4.31. The van der Waals surface area contributed by atoms with Crippen LogP contribution in [0.1, 0.15) is 10.6 Å². The number of hydrogen-bond acceptors (Lipinski definition) is 3. The largest absolute Gasteiger partial charge is 0.459 e. The Bertz CT molecular complexity index is 289. The molecular weight excluding hydrogens is 168 g/mol. The zero-order valence-electron chi connectivity index (χ0n) is 7.49. The van der Waals surface area contributed by atoms with Gasteiger partial charge in [-0.2, -0.15) is 0 Å². The Labute approximate surface area is 76.5 Å². The number of amides is 1. The topological polar surface area (TPSA) is 45.5 Å². The van der Waals surface area contributed by atoms with Crippen molar-refractivity contribution in [3.8, 4) is 0 Å². The molecule has 4 nitrogen and oxygen atoms in total. The Balaban J connectivity index is 1.94. The molecule has 70 valence electrons. The van der Waals surface area contributed by atoms with Gasteiger partial charge in [0, 0.05) is 19.1 Å². The SMILES string of the molecule is CNC1CN(C(=O)c2ccco2)C1. The molecule has 1 aliphatic rings. The van der Waals surface area contributed by atoms with E-state index in [0.29, 0.717) is 11.8 Å². The standard InChI is InChI=1S/C9H12N2O2/c1-10-7-5-11(6-7)9(12)8-3-2-4-13-8/h2-4,7,10H,5-6H2,1H3. The number of furan rings is 1. The molecule has 4 heteroatoms. The van der Waals surface area contributed by atoms with Crippen LogP contribution in [0, 0.1) is 0 Å². The summed E-state index contributed by atoms with van der Waals surface area (Å²) in [6.45, 7) is 1.55. The van der Waals surface area contributed by atoms with Crippen LogP contribution in [0.2, 0.25) is 0 Å². The van der Waals surface area contributed by atoms with Gasteiger partial charge in [0.15, 0.2) is 5.76 Å². The number of likely N-dealkylation sites (tertiary alicyclic amines) is 1. The van der Waals surface area contributed by atoms with Crippen molar-refractivity contribution in [3.05, 3.63) is 24.2 Å². The normalized spacial score (nSPS) is 17.2. The van der Waals surface area contributed by atoms with Crippen molar-refractivity contribution in [3.63, 3.8) is 0 Å². The molecule has 0 unspecified atom stereocenters. The summed E-state index contributed by atoms with van der Waals surface area (Å²) in [7, 11) is 1.90. The molecule has 0 saturated carbocycles. The van der Waals surface area contributed by atoms with Crippen molar-refractivity contribution in [1.29, 1.82) is 0 Å². The molecule has 0 spiro atoms. The lowest BCUT2D eigenvalue weighted by Gasteiger charge is -2.38. The average molecular weight is 180 g/mol. The molecule has 0 aliphatic carbocycles. The van der Waals surface area contributed by atoms with E-state index in [0.717, 1.165) is 13.1 Å². The lowest BCUT2D eigenvalue weighted by molar-refractivity contribution is 0.0544. The summed E-state index contributed by atoms with van der Waals surface area (Å²) >= 11 is 0. The summed E-state index contributed by atoms with van der Waals surface area (Å²) in [6, 6.07) is 3.86. The first kappa shape index (κ1) is 8.31. The third kappa shape index (κ3) is 1.45. The van der Waals surface area contributed by atoms with Crippen LogP contribution in [0.25, 0.3) is 0 Å². The zero-order valence-corrected chi connectivity index (χ0v) is 7.49. The molecule has 1 N–H and O–H groups in total. The van der Waals surface area contributed by atoms with Crippen molar-refractivity contribution in [2.45, 2.75) is 6.04 Å². The predicted octanol–water partition coefficient (Wildman–Crippen LogP) is 0.323. The van der Waals surface area contributed by atoms with Gasteiger partial charge in [0.1, 0.15) is 0 Å². The molecule has 1 aliphatic heterocycles. The second kappa shape index (κ2) is 3.22. The van der Waals surface area contributed by atoms with Gasteiger partial charge in [-0.05, 0) is 19.2 Å². The van der Waals surface area contributed by atoms with Gasteiger partial charge in [0.2, 0.25) is 0 Å². The van der Waals surface area contributed by atoms with E-state index >= 15 is 0 Å². The highest BCUT2D eigenvalue weighted by molar-refractivity contribution is 5.92. The molecular formula is C9H12N2O2. The highest BCUT2D eigenvalue weighted by Crippen LogP contribution is 2.12. The van der Waals surface area contributed by atoms with E-state index in [1.54, 1.807) is 17.0 Å². The van der Waals surface area contributed by atoms with Crippen molar-refractivity contribution in [2.24, 2.45) is 0 Å². The fourth-order valence-electron chi connectivity index (χ4n) is 1.38. The van der Waals surface area contributed by atoms with Gasteiger partial charge in [-0.3, -0.25) is 4.79 Å². The molecule has 1 aromatic heterocycles. The molecule has 2 heterocycles. The van der Waals surface area contributed by atoms with Gasteiger partial charge in [0.05, 0.1) is 6.26 Å². The van der Waals surface area contributed by atoms with Gasteiger partial charge >= 0.3 is 0 Å². The highest BCUT2D eigenvalue weighted by Gasteiger charge is 2.30. The number of carbonyl (C=O) groups excluding carboxylic acids is 1. The van der Waals surface area contributed by atoms with Gasteiger partial charge in [-0.1, -0.05) is 0 Å². The fraction of sp³-hybridized carbons (Fsp3) is 0.444. The van der Waals surface area contributed by atoms with Crippen molar-refractivity contribution < 1.29 is 9.21 Å². The van der Waals surface area contributed by atoms with Gasteiger partial charge in [-0.15, -0.1) is 0 Å². The molecule has 1 fully saturated rings. The van der Waals surface area contributed by atoms with Crippen molar-refractivity contribution >= 4 is 5.91 Å². The predicted molar refractivity (Wildman–Crippen MR) is 47.5 cm³/mol. The molecule has 0 atom stereocenters. The Kier molecular flexibility index (Phi) is 2.06. The summed E-state index contributed by atoms with van der Waals surface area (Å²) in [4.78, 5) is 13.3. The summed E-state index contributed by atoms with van der Waals surface area (Å²) in [6.07, 6.45) is 1.52. The monoisotopic (exact) mass is 180 g/mol. The van der Waals surface area contributed by atoms with Crippen LogP contribution in [0.4, 0.5) is 0 Å². The number of likely N-dealkylation sites (N-methyl/N-ethyl adjacent to an activating group) is 1. The quantitative estimate of drug-likeness (QED) is 0.713. The number of rotatable bonds is 2. The number of hydrogen-bond donors (Lipinski definition) is 1. The Morgan fingerprint density at radius 2 is 2.46 bits per heavy atom. The second-order valence-electron chi connectivity index (χ2n) is 3.17. The van der Waals surface area contributed by atoms with Crippen LogP contribution in [0.3, 0.4) is 0 Å². The van der Waals surface area contributed by atoms with E-state index in [2.05, 4.69) is 5.32 Å². The summed E-state index contributed by atoms with van der Waals surface area (Å²) in [5.41, 5.74) is 0. The molecule has 0 aromatic carbocycles. The van der Waals surface area contributed by atoms with Crippen molar-refractivity contribution in [2.75, 3.05) is 20.1 Å². The Morgan fingerprint density at radius 1 is 1.69 bits per heavy atom. The van der Waals surface area contributed by atoms with Crippen LogP contribution in [0.15, 0.2) is 22.8 Å². The van der Waals surface area contributed by atoms with Gasteiger partial charge in [0.25, 0.3) is 5.91 Å². The van der Waals surface area contributed by atoms with E-state index < -0.39 is 0 Å².